The third kappa shape index (κ3) is 3.65. The Morgan fingerprint density at radius 3 is 2.25 bits per heavy atom. The third-order valence-corrected chi connectivity index (χ3v) is 3.15. The fourth-order valence-electron chi connectivity index (χ4n) is 1.79. The lowest BCUT2D eigenvalue weighted by atomic mass is 10.1. The van der Waals surface area contributed by atoms with E-state index < -0.39 is 0 Å². The predicted molar refractivity (Wildman–Crippen MR) is 87.5 cm³/mol. The van der Waals surface area contributed by atoms with Gasteiger partial charge in [-0.25, -0.2) is 0 Å². The molecule has 0 radical (unpaired) electrons. The topological polar surface area (TPSA) is 41.1 Å². The average Bonchev–Trinajstić information content (AvgIpc) is 2.42. The van der Waals surface area contributed by atoms with Crippen LogP contribution in [0.25, 0.3) is 0 Å². The Hall–Kier alpha value is -2.20. The smallest absolute Gasteiger partial charge is 0.175 e. The minimum absolute atomic E-state index is 0.0529. The molecule has 4 heteroatoms. The van der Waals surface area contributed by atoms with Crippen LogP contribution in [0.4, 0.5) is 11.4 Å². The molecule has 0 amide bonds. The maximum atomic E-state index is 11.2. The maximum absolute atomic E-state index is 11.2. The highest BCUT2D eigenvalue weighted by Gasteiger charge is 2.02. The van der Waals surface area contributed by atoms with Crippen LogP contribution in [0.3, 0.4) is 0 Å². The van der Waals surface area contributed by atoms with Crippen LogP contribution in [0.5, 0.6) is 0 Å². The van der Waals surface area contributed by atoms with Gasteiger partial charge in [-0.1, -0.05) is 18.2 Å². The third-order valence-electron chi connectivity index (χ3n) is 2.94. The highest BCUT2D eigenvalue weighted by Crippen LogP contribution is 2.15. The summed E-state index contributed by atoms with van der Waals surface area (Å²) in [5.74, 6) is 0.0529. The number of ketones is 1. The number of benzene rings is 2. The molecule has 0 aliphatic rings. The summed E-state index contributed by atoms with van der Waals surface area (Å²) in [6, 6.07) is 15.2. The quantitative estimate of drug-likeness (QED) is 0.660. The van der Waals surface area contributed by atoms with Crippen LogP contribution in [0.2, 0.25) is 0 Å². The number of carbonyl (C=O) groups excluding carboxylic acids is 1. The zero-order valence-corrected chi connectivity index (χ0v) is 12.3. The summed E-state index contributed by atoms with van der Waals surface area (Å²) in [7, 11) is 0. The van der Waals surface area contributed by atoms with E-state index >= 15 is 0 Å². The van der Waals surface area contributed by atoms with E-state index in [0.717, 1.165) is 16.9 Å². The second-order valence-electron chi connectivity index (χ2n) is 4.53. The zero-order chi connectivity index (χ0) is 14.5. The van der Waals surface area contributed by atoms with E-state index in [1.807, 2.05) is 43.3 Å². The number of thiocarbonyl (C=S) groups is 1. The van der Waals surface area contributed by atoms with E-state index in [9.17, 15) is 4.79 Å². The number of aryl methyl sites for hydroxylation is 1. The number of anilines is 2. The van der Waals surface area contributed by atoms with E-state index in [1.165, 1.54) is 0 Å². The van der Waals surface area contributed by atoms with Crippen molar-refractivity contribution >= 4 is 34.5 Å². The summed E-state index contributed by atoms with van der Waals surface area (Å²) >= 11 is 5.27. The largest absolute Gasteiger partial charge is 0.332 e. The first-order chi connectivity index (χ1) is 9.56. The van der Waals surface area contributed by atoms with Gasteiger partial charge in [-0.3, -0.25) is 4.79 Å². The zero-order valence-electron chi connectivity index (χ0n) is 11.4. The lowest BCUT2D eigenvalue weighted by molar-refractivity contribution is 0.101. The molecular weight excluding hydrogens is 268 g/mol. The van der Waals surface area contributed by atoms with E-state index in [4.69, 9.17) is 12.2 Å². The SMILES string of the molecule is CC(=O)c1ccc(NC(=S)Nc2ccccc2C)cc1. The van der Waals surface area contributed by atoms with Crippen molar-refractivity contribution in [3.63, 3.8) is 0 Å². The molecule has 3 nitrogen and oxygen atoms in total. The summed E-state index contributed by atoms with van der Waals surface area (Å²) in [6.07, 6.45) is 0. The minimum Gasteiger partial charge on any atom is -0.332 e. The Bertz CT molecular complexity index is 635. The van der Waals surface area contributed by atoms with Crippen LogP contribution >= 0.6 is 12.2 Å². The van der Waals surface area contributed by atoms with E-state index in [0.29, 0.717) is 10.7 Å². The molecule has 0 saturated heterocycles. The number of nitrogens with one attached hydrogen (secondary N) is 2. The molecule has 2 N–H and O–H groups in total. The lowest BCUT2D eigenvalue weighted by Gasteiger charge is -2.12. The Morgan fingerprint density at radius 1 is 1.00 bits per heavy atom. The van der Waals surface area contributed by atoms with Gasteiger partial charge >= 0.3 is 0 Å². The summed E-state index contributed by atoms with van der Waals surface area (Å²) < 4.78 is 0. The number of Topliss-reactive ketones (excluding diaryl/α,β-unsaturated/α-hetero) is 1. The highest BCUT2D eigenvalue weighted by molar-refractivity contribution is 7.80. The minimum atomic E-state index is 0.0529. The molecule has 102 valence electrons. The Kier molecular flexibility index (Phi) is 4.48. The molecule has 0 unspecified atom stereocenters. The standard InChI is InChI=1S/C16H16N2OS/c1-11-5-3-4-6-15(11)18-16(20)17-14-9-7-13(8-10-14)12(2)19/h3-10H,1-2H3,(H2,17,18,20). The Labute approximate surface area is 124 Å². The van der Waals surface area contributed by atoms with Crippen molar-refractivity contribution in [1.82, 2.24) is 0 Å². The van der Waals surface area contributed by atoms with Crippen LogP contribution in [-0.4, -0.2) is 10.9 Å². The summed E-state index contributed by atoms with van der Waals surface area (Å²) in [6.45, 7) is 3.57. The van der Waals surface area contributed by atoms with Crippen molar-refractivity contribution in [3.8, 4) is 0 Å². The van der Waals surface area contributed by atoms with Gasteiger partial charge in [0.1, 0.15) is 0 Å². The number of hydrogen-bond donors (Lipinski definition) is 2. The van der Waals surface area contributed by atoms with Crippen molar-refractivity contribution in [2.24, 2.45) is 0 Å². The first-order valence-corrected chi connectivity index (χ1v) is 6.72. The van der Waals surface area contributed by atoms with Gasteiger partial charge in [0, 0.05) is 16.9 Å². The van der Waals surface area contributed by atoms with Crippen LogP contribution in [-0.2, 0) is 0 Å². The molecular formula is C16H16N2OS. The van der Waals surface area contributed by atoms with Crippen LogP contribution < -0.4 is 10.6 Å². The van der Waals surface area contributed by atoms with Gasteiger partial charge in [-0.05, 0) is 62.0 Å². The molecule has 0 aliphatic carbocycles. The number of carbonyl (C=O) groups is 1. The van der Waals surface area contributed by atoms with Crippen LogP contribution in [0.1, 0.15) is 22.8 Å². The van der Waals surface area contributed by atoms with E-state index in [-0.39, 0.29) is 5.78 Å². The Morgan fingerprint density at radius 2 is 1.65 bits per heavy atom. The molecule has 0 heterocycles. The molecule has 2 aromatic carbocycles. The normalized spacial score (nSPS) is 9.90. The molecule has 0 saturated carbocycles. The molecule has 0 fully saturated rings. The van der Waals surface area contributed by atoms with Crippen molar-refractivity contribution < 1.29 is 4.79 Å². The second-order valence-corrected chi connectivity index (χ2v) is 4.94. The Balaban J connectivity index is 2.01. The molecule has 2 aromatic rings. The second kappa shape index (κ2) is 6.30. The number of rotatable bonds is 3. The highest BCUT2D eigenvalue weighted by atomic mass is 32.1. The van der Waals surface area contributed by atoms with Crippen molar-refractivity contribution in [1.29, 1.82) is 0 Å². The molecule has 2 rings (SSSR count). The number of para-hydroxylation sites is 1. The summed E-state index contributed by atoms with van der Waals surface area (Å²) in [5, 5.41) is 6.77. The summed E-state index contributed by atoms with van der Waals surface area (Å²) in [5.41, 5.74) is 3.64. The van der Waals surface area contributed by atoms with Crippen molar-refractivity contribution in [3.05, 3.63) is 59.7 Å². The monoisotopic (exact) mass is 284 g/mol. The molecule has 0 spiro atoms. The lowest BCUT2D eigenvalue weighted by Crippen LogP contribution is -2.19. The van der Waals surface area contributed by atoms with Gasteiger partial charge < -0.3 is 10.6 Å². The van der Waals surface area contributed by atoms with Gasteiger partial charge in [0.25, 0.3) is 0 Å². The van der Waals surface area contributed by atoms with Crippen molar-refractivity contribution in [2.45, 2.75) is 13.8 Å². The summed E-state index contributed by atoms with van der Waals surface area (Å²) in [4.78, 5) is 11.2. The van der Waals surface area contributed by atoms with Gasteiger partial charge in [-0.2, -0.15) is 0 Å². The van der Waals surface area contributed by atoms with Gasteiger partial charge in [0.15, 0.2) is 10.9 Å². The predicted octanol–water partition coefficient (Wildman–Crippen LogP) is 4.01. The fourth-order valence-corrected chi connectivity index (χ4v) is 2.01. The van der Waals surface area contributed by atoms with Crippen molar-refractivity contribution in [2.75, 3.05) is 10.6 Å². The van der Waals surface area contributed by atoms with E-state index in [2.05, 4.69) is 10.6 Å². The maximum Gasteiger partial charge on any atom is 0.175 e. The van der Waals surface area contributed by atoms with Gasteiger partial charge in [0.2, 0.25) is 0 Å². The molecule has 0 atom stereocenters. The first kappa shape index (κ1) is 14.2. The van der Waals surface area contributed by atoms with Crippen LogP contribution in [0.15, 0.2) is 48.5 Å². The molecule has 0 bridgehead atoms. The number of hydrogen-bond acceptors (Lipinski definition) is 2. The molecule has 0 aromatic heterocycles. The fraction of sp³-hybridized carbons (Fsp3) is 0.125. The van der Waals surface area contributed by atoms with Crippen LogP contribution in [0, 0.1) is 6.92 Å². The van der Waals surface area contributed by atoms with Gasteiger partial charge in [-0.15, -0.1) is 0 Å². The first-order valence-electron chi connectivity index (χ1n) is 6.31. The molecule has 0 aliphatic heterocycles. The molecule has 20 heavy (non-hydrogen) atoms. The average molecular weight is 284 g/mol. The van der Waals surface area contributed by atoms with E-state index in [1.54, 1.807) is 19.1 Å². The van der Waals surface area contributed by atoms with Gasteiger partial charge in [0.05, 0.1) is 0 Å².